The van der Waals surface area contributed by atoms with Gasteiger partial charge in [-0.15, -0.1) is 10.2 Å². The monoisotopic (exact) mass is 287 g/mol. The summed E-state index contributed by atoms with van der Waals surface area (Å²) in [6.07, 6.45) is 1.70. The van der Waals surface area contributed by atoms with Crippen LogP contribution >= 0.6 is 11.6 Å². The highest BCUT2D eigenvalue weighted by molar-refractivity contribution is 6.29. The first-order valence-corrected chi connectivity index (χ1v) is 6.21. The van der Waals surface area contributed by atoms with Gasteiger partial charge in [-0.25, -0.2) is 9.97 Å². The average Bonchev–Trinajstić information content (AvgIpc) is 2.90. The molecule has 0 unspecified atom stereocenters. The number of pyridine rings is 1. The molecule has 3 aromatic heterocycles. The van der Waals surface area contributed by atoms with Gasteiger partial charge in [-0.2, -0.15) is 5.10 Å². The molecule has 0 aliphatic heterocycles. The summed E-state index contributed by atoms with van der Waals surface area (Å²) in [4.78, 5) is 11.6. The van der Waals surface area contributed by atoms with Gasteiger partial charge in [0.05, 0.1) is 5.52 Å². The minimum Gasteiger partial charge on any atom is -0.336 e. The molecule has 100 valence electrons. The van der Waals surface area contributed by atoms with Gasteiger partial charge in [-0.1, -0.05) is 11.6 Å². The van der Waals surface area contributed by atoms with E-state index in [1.807, 2.05) is 19.1 Å². The maximum atomic E-state index is 5.66. The van der Waals surface area contributed by atoms with Crippen LogP contribution in [-0.4, -0.2) is 30.9 Å². The van der Waals surface area contributed by atoms with Gasteiger partial charge in [-0.3, -0.25) is 5.43 Å². The van der Waals surface area contributed by atoms with Crippen molar-refractivity contribution < 1.29 is 0 Å². The summed E-state index contributed by atoms with van der Waals surface area (Å²) in [5.41, 5.74) is 4.99. The molecule has 3 rings (SSSR count). The van der Waals surface area contributed by atoms with E-state index in [2.05, 4.69) is 35.7 Å². The number of aromatic nitrogens is 5. The van der Waals surface area contributed by atoms with Crippen LogP contribution in [0.1, 0.15) is 12.7 Å². The van der Waals surface area contributed by atoms with Crippen LogP contribution < -0.4 is 5.43 Å². The Morgan fingerprint density at radius 2 is 2.20 bits per heavy atom. The van der Waals surface area contributed by atoms with Gasteiger partial charge in [0.2, 0.25) is 0 Å². The third kappa shape index (κ3) is 2.57. The van der Waals surface area contributed by atoms with Crippen LogP contribution in [0.3, 0.4) is 0 Å². The number of halogens is 1. The number of fused-ring (bicyclic) bond motifs is 1. The van der Waals surface area contributed by atoms with E-state index in [1.54, 1.807) is 18.3 Å². The first-order valence-electron chi connectivity index (χ1n) is 5.83. The van der Waals surface area contributed by atoms with Gasteiger partial charge >= 0.3 is 0 Å². The Morgan fingerprint density at radius 3 is 2.95 bits per heavy atom. The summed E-state index contributed by atoms with van der Waals surface area (Å²) >= 11 is 5.66. The van der Waals surface area contributed by atoms with Gasteiger partial charge in [0.25, 0.3) is 0 Å². The summed E-state index contributed by atoms with van der Waals surface area (Å²) in [7, 11) is 0. The normalized spacial score (nSPS) is 11.8. The minimum atomic E-state index is 0.333. The predicted octanol–water partition coefficient (Wildman–Crippen LogP) is 2.24. The Morgan fingerprint density at radius 1 is 1.30 bits per heavy atom. The third-order valence-electron chi connectivity index (χ3n) is 2.57. The van der Waals surface area contributed by atoms with Crippen molar-refractivity contribution in [3.05, 3.63) is 41.4 Å². The maximum Gasteiger partial charge on any atom is 0.178 e. The predicted molar refractivity (Wildman–Crippen MR) is 76.8 cm³/mol. The Balaban J connectivity index is 1.82. The van der Waals surface area contributed by atoms with Crippen molar-refractivity contribution in [2.45, 2.75) is 6.92 Å². The molecule has 0 atom stereocenters. The SMILES string of the molecule is C/C(=N/Nc1ccc(Cl)nn1)c1nc2ncccc2[nH]1. The Bertz CT molecular complexity index is 730. The Hall–Kier alpha value is -2.54. The molecule has 0 saturated heterocycles. The van der Waals surface area contributed by atoms with Crippen molar-refractivity contribution in [3.8, 4) is 0 Å². The third-order valence-corrected chi connectivity index (χ3v) is 2.77. The molecule has 7 nitrogen and oxygen atoms in total. The van der Waals surface area contributed by atoms with Gasteiger partial charge in [-0.05, 0) is 31.2 Å². The molecule has 0 aliphatic carbocycles. The molecular weight excluding hydrogens is 278 g/mol. The Kier molecular flexibility index (Phi) is 3.26. The molecule has 0 spiro atoms. The van der Waals surface area contributed by atoms with Crippen molar-refractivity contribution in [1.82, 2.24) is 25.1 Å². The number of imidazole rings is 1. The first kappa shape index (κ1) is 12.5. The van der Waals surface area contributed by atoms with Crippen LogP contribution in [0.25, 0.3) is 11.2 Å². The van der Waals surface area contributed by atoms with E-state index in [9.17, 15) is 0 Å². The molecule has 8 heteroatoms. The van der Waals surface area contributed by atoms with Crippen molar-refractivity contribution >= 4 is 34.3 Å². The van der Waals surface area contributed by atoms with Gasteiger partial charge in [0.15, 0.2) is 22.4 Å². The minimum absolute atomic E-state index is 0.333. The maximum absolute atomic E-state index is 5.66. The second-order valence-corrected chi connectivity index (χ2v) is 4.40. The standard InChI is InChI=1S/C12H10ClN7/c1-7(17-19-10-5-4-9(13)18-20-10)11-15-8-3-2-6-14-12(8)16-11/h2-6H,1H3,(H,19,20)(H,14,15,16)/b17-7-. The van der Waals surface area contributed by atoms with Crippen molar-refractivity contribution in [2.24, 2.45) is 5.10 Å². The molecule has 0 saturated carbocycles. The van der Waals surface area contributed by atoms with Crippen LogP contribution in [0.5, 0.6) is 0 Å². The molecule has 0 aromatic carbocycles. The number of hydrazone groups is 1. The second-order valence-electron chi connectivity index (χ2n) is 4.01. The molecule has 2 N–H and O–H groups in total. The fraction of sp³-hybridized carbons (Fsp3) is 0.0833. The average molecular weight is 288 g/mol. The first-order chi connectivity index (χ1) is 9.72. The number of hydrogen-bond donors (Lipinski definition) is 2. The molecule has 3 heterocycles. The lowest BCUT2D eigenvalue weighted by atomic mass is 10.4. The summed E-state index contributed by atoms with van der Waals surface area (Å²) in [6, 6.07) is 7.07. The highest BCUT2D eigenvalue weighted by Crippen LogP contribution is 2.09. The quantitative estimate of drug-likeness (QED) is 0.569. The van der Waals surface area contributed by atoms with Crippen LogP contribution in [-0.2, 0) is 0 Å². The number of nitrogens with one attached hydrogen (secondary N) is 2. The van der Waals surface area contributed by atoms with Gasteiger partial charge < -0.3 is 4.98 Å². The fourth-order valence-corrected chi connectivity index (χ4v) is 1.69. The fourth-order valence-electron chi connectivity index (χ4n) is 1.59. The molecule has 0 bridgehead atoms. The molecule has 0 radical (unpaired) electrons. The van der Waals surface area contributed by atoms with Crippen molar-refractivity contribution in [2.75, 3.05) is 5.43 Å². The zero-order chi connectivity index (χ0) is 13.9. The zero-order valence-corrected chi connectivity index (χ0v) is 11.3. The number of H-pyrrole nitrogens is 1. The summed E-state index contributed by atoms with van der Waals surface area (Å²) < 4.78 is 0. The van der Waals surface area contributed by atoms with E-state index in [0.29, 0.717) is 28.2 Å². The lowest BCUT2D eigenvalue weighted by Crippen LogP contribution is -2.03. The van der Waals surface area contributed by atoms with Gasteiger partial charge in [0, 0.05) is 6.20 Å². The van der Waals surface area contributed by atoms with E-state index in [1.165, 1.54) is 0 Å². The lowest BCUT2D eigenvalue weighted by Gasteiger charge is -1.99. The van der Waals surface area contributed by atoms with Gasteiger partial charge in [0.1, 0.15) is 5.71 Å². The van der Waals surface area contributed by atoms with E-state index >= 15 is 0 Å². The van der Waals surface area contributed by atoms with E-state index in [4.69, 9.17) is 11.6 Å². The van der Waals surface area contributed by atoms with Crippen molar-refractivity contribution in [3.63, 3.8) is 0 Å². The van der Waals surface area contributed by atoms with Crippen LogP contribution in [0.15, 0.2) is 35.6 Å². The molecular formula is C12H10ClN7. The second kappa shape index (κ2) is 5.22. The molecule has 0 aliphatic rings. The number of rotatable bonds is 3. The van der Waals surface area contributed by atoms with E-state index in [-0.39, 0.29) is 0 Å². The Labute approximate surface area is 119 Å². The lowest BCUT2D eigenvalue weighted by molar-refractivity contribution is 1.02. The van der Waals surface area contributed by atoms with E-state index < -0.39 is 0 Å². The summed E-state index contributed by atoms with van der Waals surface area (Å²) in [6.45, 7) is 1.83. The summed E-state index contributed by atoms with van der Waals surface area (Å²) in [5.74, 6) is 1.15. The zero-order valence-electron chi connectivity index (χ0n) is 10.5. The largest absolute Gasteiger partial charge is 0.336 e. The van der Waals surface area contributed by atoms with E-state index in [0.717, 1.165) is 5.52 Å². The highest BCUT2D eigenvalue weighted by Gasteiger charge is 2.06. The molecule has 0 amide bonds. The smallest absolute Gasteiger partial charge is 0.178 e. The van der Waals surface area contributed by atoms with Crippen LogP contribution in [0, 0.1) is 0 Å². The van der Waals surface area contributed by atoms with Crippen molar-refractivity contribution in [1.29, 1.82) is 0 Å². The van der Waals surface area contributed by atoms with Crippen LogP contribution in [0.4, 0.5) is 5.82 Å². The highest BCUT2D eigenvalue weighted by atomic mass is 35.5. The molecule has 3 aromatic rings. The number of nitrogens with zero attached hydrogens (tertiary/aromatic N) is 5. The number of hydrogen-bond acceptors (Lipinski definition) is 6. The molecule has 20 heavy (non-hydrogen) atoms. The number of anilines is 1. The molecule has 0 fully saturated rings. The topological polar surface area (TPSA) is 91.7 Å². The van der Waals surface area contributed by atoms with Crippen LogP contribution in [0.2, 0.25) is 5.15 Å². The number of aromatic amines is 1. The summed E-state index contributed by atoms with van der Waals surface area (Å²) in [5, 5.41) is 12.1.